The molecule has 0 aliphatic carbocycles. The lowest BCUT2D eigenvalue weighted by molar-refractivity contribution is -0.112. The van der Waals surface area contributed by atoms with E-state index in [1.54, 1.807) is 18.2 Å². The van der Waals surface area contributed by atoms with Crippen molar-refractivity contribution in [2.24, 2.45) is 0 Å². The number of benzene rings is 1. The van der Waals surface area contributed by atoms with Gasteiger partial charge in [0.1, 0.15) is 11.6 Å². The van der Waals surface area contributed by atoms with E-state index in [2.05, 4.69) is 14.7 Å². The molecule has 9 heteroatoms. The number of nitriles is 1. The molecule has 1 amide bonds. The molecule has 0 radical (unpaired) electrons. The van der Waals surface area contributed by atoms with Crippen molar-refractivity contribution >= 4 is 40.4 Å². The molecular weight excluding hydrogens is 348 g/mol. The van der Waals surface area contributed by atoms with Crippen LogP contribution in [0.5, 0.6) is 11.5 Å². The largest absolute Gasteiger partial charge is 0.454 e. The van der Waals surface area contributed by atoms with Crippen molar-refractivity contribution < 1.29 is 14.3 Å². The maximum absolute atomic E-state index is 12.2. The maximum Gasteiger partial charge on any atom is 0.268 e. The third-order valence-corrected chi connectivity index (χ3v) is 4.45. The van der Waals surface area contributed by atoms with Gasteiger partial charge in [-0.15, -0.1) is 0 Å². The van der Waals surface area contributed by atoms with Crippen LogP contribution in [0.15, 0.2) is 28.9 Å². The van der Waals surface area contributed by atoms with Crippen molar-refractivity contribution in [3.63, 3.8) is 0 Å². The minimum absolute atomic E-state index is 0.0336. The highest BCUT2D eigenvalue weighted by Crippen LogP contribution is 2.33. The number of hydrogen-bond acceptors (Lipinski definition) is 8. The predicted molar refractivity (Wildman–Crippen MR) is 91.1 cm³/mol. The first kappa shape index (κ1) is 16.3. The number of nitrogens with one attached hydrogen (secondary N) is 1. The second-order valence-electron chi connectivity index (χ2n) is 4.55. The molecule has 1 aliphatic heterocycles. The van der Waals surface area contributed by atoms with Gasteiger partial charge in [-0.2, -0.15) is 14.6 Å². The summed E-state index contributed by atoms with van der Waals surface area (Å²) in [7, 11) is 0. The van der Waals surface area contributed by atoms with E-state index in [-0.39, 0.29) is 12.4 Å². The van der Waals surface area contributed by atoms with Crippen LogP contribution in [0.3, 0.4) is 0 Å². The number of carbonyl (C=O) groups excluding carboxylic acids is 1. The van der Waals surface area contributed by atoms with Gasteiger partial charge in [0.15, 0.2) is 11.5 Å². The van der Waals surface area contributed by atoms with Crippen molar-refractivity contribution in [1.82, 2.24) is 9.36 Å². The summed E-state index contributed by atoms with van der Waals surface area (Å²) in [6.45, 7) is 2.16. The number of fused-ring (bicyclic) bond motifs is 1. The number of thioether (sulfide) groups is 1. The fourth-order valence-corrected chi connectivity index (χ4v) is 3.20. The molecule has 0 saturated carbocycles. The summed E-state index contributed by atoms with van der Waals surface area (Å²) >= 11 is 2.56. The highest BCUT2D eigenvalue weighted by atomic mass is 32.2. The molecular formula is C15H12N4O3S2. The minimum Gasteiger partial charge on any atom is -0.454 e. The summed E-state index contributed by atoms with van der Waals surface area (Å²) in [6, 6.07) is 7.10. The zero-order valence-corrected chi connectivity index (χ0v) is 14.2. The molecule has 2 heterocycles. The molecule has 1 N–H and O–H groups in total. The van der Waals surface area contributed by atoms with Gasteiger partial charge < -0.3 is 9.47 Å². The summed E-state index contributed by atoms with van der Waals surface area (Å²) in [4.78, 5) is 16.4. The van der Waals surface area contributed by atoms with E-state index in [4.69, 9.17) is 9.47 Å². The standard InChI is InChI=1S/C15H12N4O3S2/c1-2-23-15-18-14(24-19-15)17-13(20)10(7-16)5-9-3-4-11-12(6-9)22-8-21-11/h3-6H,2,8H2,1H3,(H,17,18,19,20)/b10-5-. The fourth-order valence-electron chi connectivity index (χ4n) is 1.93. The van der Waals surface area contributed by atoms with Gasteiger partial charge in [0.2, 0.25) is 17.1 Å². The summed E-state index contributed by atoms with van der Waals surface area (Å²) < 4.78 is 14.6. The first-order valence-corrected chi connectivity index (χ1v) is 8.75. The average Bonchev–Trinajstić information content (AvgIpc) is 3.21. The van der Waals surface area contributed by atoms with Gasteiger partial charge in [-0.05, 0) is 29.5 Å². The van der Waals surface area contributed by atoms with E-state index in [0.29, 0.717) is 27.4 Å². The zero-order valence-electron chi connectivity index (χ0n) is 12.6. The van der Waals surface area contributed by atoms with E-state index in [9.17, 15) is 10.1 Å². The maximum atomic E-state index is 12.2. The molecule has 1 aliphatic rings. The number of amides is 1. The Hall–Kier alpha value is -2.57. The van der Waals surface area contributed by atoms with Crippen LogP contribution in [-0.4, -0.2) is 27.8 Å². The number of aromatic nitrogens is 2. The summed E-state index contributed by atoms with van der Waals surface area (Å²) in [5.74, 6) is 1.55. The van der Waals surface area contributed by atoms with Gasteiger partial charge in [-0.3, -0.25) is 10.1 Å². The Morgan fingerprint density at radius 3 is 3.12 bits per heavy atom. The van der Waals surface area contributed by atoms with E-state index >= 15 is 0 Å². The number of rotatable bonds is 5. The number of ether oxygens (including phenoxy) is 2. The van der Waals surface area contributed by atoms with E-state index in [1.807, 2.05) is 13.0 Å². The van der Waals surface area contributed by atoms with Crippen molar-refractivity contribution in [3.05, 3.63) is 29.3 Å². The van der Waals surface area contributed by atoms with Gasteiger partial charge in [-0.25, -0.2) is 0 Å². The lowest BCUT2D eigenvalue weighted by Gasteiger charge is -2.01. The normalized spacial score (nSPS) is 12.8. The van der Waals surface area contributed by atoms with Gasteiger partial charge in [0.25, 0.3) is 5.91 Å². The van der Waals surface area contributed by atoms with Gasteiger partial charge in [0.05, 0.1) is 0 Å². The van der Waals surface area contributed by atoms with Gasteiger partial charge in [0, 0.05) is 11.5 Å². The summed E-state index contributed by atoms with van der Waals surface area (Å²) in [6.07, 6.45) is 1.49. The molecule has 1 aromatic heterocycles. The van der Waals surface area contributed by atoms with Crippen LogP contribution in [-0.2, 0) is 4.79 Å². The third kappa shape index (κ3) is 3.67. The molecule has 0 unspecified atom stereocenters. The first-order valence-electron chi connectivity index (χ1n) is 6.99. The zero-order chi connectivity index (χ0) is 16.9. The average molecular weight is 360 g/mol. The van der Waals surface area contributed by atoms with Gasteiger partial charge >= 0.3 is 0 Å². The van der Waals surface area contributed by atoms with Crippen LogP contribution in [0.2, 0.25) is 0 Å². The van der Waals surface area contributed by atoms with Crippen LogP contribution in [0.25, 0.3) is 6.08 Å². The topological polar surface area (TPSA) is 97.1 Å². The van der Waals surface area contributed by atoms with E-state index < -0.39 is 5.91 Å². The molecule has 0 spiro atoms. The number of carbonyl (C=O) groups is 1. The van der Waals surface area contributed by atoms with Gasteiger partial charge in [-0.1, -0.05) is 24.8 Å². The monoisotopic (exact) mass is 360 g/mol. The second kappa shape index (κ2) is 7.33. The van der Waals surface area contributed by atoms with Crippen LogP contribution >= 0.6 is 23.3 Å². The Bertz CT molecular complexity index is 841. The lowest BCUT2D eigenvalue weighted by atomic mass is 10.1. The molecule has 3 rings (SSSR count). The van der Waals surface area contributed by atoms with Crippen molar-refractivity contribution in [2.75, 3.05) is 17.9 Å². The molecule has 1 aromatic carbocycles. The first-order chi connectivity index (χ1) is 11.7. The SMILES string of the molecule is CCSc1nsc(NC(=O)/C(C#N)=C\c2ccc3c(c2)OCO3)n1. The highest BCUT2D eigenvalue weighted by molar-refractivity contribution is 7.99. The number of nitrogens with zero attached hydrogens (tertiary/aromatic N) is 3. The molecule has 0 fully saturated rings. The van der Waals surface area contributed by atoms with E-state index in [0.717, 1.165) is 17.3 Å². The number of anilines is 1. The molecule has 2 aromatic rings. The summed E-state index contributed by atoms with van der Waals surface area (Å²) in [5.41, 5.74) is 0.638. The van der Waals surface area contributed by atoms with Crippen LogP contribution in [0, 0.1) is 11.3 Å². The predicted octanol–water partition coefficient (Wildman–Crippen LogP) is 2.92. The molecule has 0 bridgehead atoms. The van der Waals surface area contributed by atoms with E-state index in [1.165, 1.54) is 17.8 Å². The minimum atomic E-state index is -0.528. The lowest BCUT2D eigenvalue weighted by Crippen LogP contribution is -2.13. The highest BCUT2D eigenvalue weighted by Gasteiger charge is 2.15. The Labute approximate surface area is 146 Å². The van der Waals surface area contributed by atoms with Crippen molar-refractivity contribution in [3.8, 4) is 17.6 Å². The number of hydrogen-bond donors (Lipinski definition) is 1. The molecule has 24 heavy (non-hydrogen) atoms. The Morgan fingerprint density at radius 1 is 1.50 bits per heavy atom. The Balaban J connectivity index is 1.75. The quantitative estimate of drug-likeness (QED) is 0.497. The third-order valence-electron chi connectivity index (χ3n) is 2.97. The molecule has 122 valence electrons. The van der Waals surface area contributed by atoms with Crippen molar-refractivity contribution in [2.45, 2.75) is 12.1 Å². The van der Waals surface area contributed by atoms with Crippen LogP contribution in [0.4, 0.5) is 5.13 Å². The van der Waals surface area contributed by atoms with Crippen molar-refractivity contribution in [1.29, 1.82) is 5.26 Å². The second-order valence-corrected chi connectivity index (χ2v) is 6.53. The molecule has 0 saturated heterocycles. The molecule has 0 atom stereocenters. The Morgan fingerprint density at radius 2 is 2.33 bits per heavy atom. The Kier molecular flexibility index (Phi) is 4.98. The molecule has 7 nitrogen and oxygen atoms in total. The smallest absolute Gasteiger partial charge is 0.268 e. The fraction of sp³-hybridized carbons (Fsp3) is 0.200. The summed E-state index contributed by atoms with van der Waals surface area (Å²) in [5, 5.41) is 12.8. The van der Waals surface area contributed by atoms with Crippen LogP contribution in [0.1, 0.15) is 12.5 Å². The van der Waals surface area contributed by atoms with Crippen LogP contribution < -0.4 is 14.8 Å².